The molecule has 0 aliphatic heterocycles. The molecule has 1 atom stereocenters. The molecule has 1 unspecified atom stereocenters. The van der Waals surface area contributed by atoms with Crippen molar-refractivity contribution in [2.24, 2.45) is 11.5 Å². The number of aromatic nitrogens is 1. The second kappa shape index (κ2) is 6.12. The maximum Gasteiger partial charge on any atom is 0.241 e. The number of carbonyl (C=O) groups is 2. The molecule has 0 radical (unpaired) electrons. The number of carbonyl (C=O) groups excluding carboxylic acids is 2. The monoisotopic (exact) mass is 272 g/mol. The Labute approximate surface area is 116 Å². The smallest absolute Gasteiger partial charge is 0.241 e. The predicted molar refractivity (Wildman–Crippen MR) is 76.8 cm³/mol. The molecule has 0 fully saturated rings. The number of rotatable bonds is 5. The van der Waals surface area contributed by atoms with Gasteiger partial charge in [-0.15, -0.1) is 0 Å². The molecule has 2 rings (SSSR count). The fourth-order valence-corrected chi connectivity index (χ4v) is 1.82. The highest BCUT2D eigenvalue weighted by atomic mass is 16.2. The molecule has 104 valence electrons. The summed E-state index contributed by atoms with van der Waals surface area (Å²) >= 11 is 0. The highest BCUT2D eigenvalue weighted by Crippen LogP contribution is 2.18. The van der Waals surface area contributed by atoms with Crippen LogP contribution in [-0.2, 0) is 9.59 Å². The lowest BCUT2D eigenvalue weighted by Crippen LogP contribution is -2.36. The van der Waals surface area contributed by atoms with Crippen LogP contribution in [0.4, 0.5) is 5.69 Å². The quantitative estimate of drug-likeness (QED) is 0.746. The number of fused-ring (bicyclic) bond motifs is 1. The van der Waals surface area contributed by atoms with Crippen molar-refractivity contribution < 1.29 is 9.59 Å². The summed E-state index contributed by atoms with van der Waals surface area (Å²) in [6.45, 7) is 0. The molecule has 5 N–H and O–H groups in total. The van der Waals surface area contributed by atoms with Crippen molar-refractivity contribution in [1.29, 1.82) is 0 Å². The molecule has 2 amide bonds. The molecule has 1 aromatic carbocycles. The maximum absolute atomic E-state index is 11.9. The van der Waals surface area contributed by atoms with Crippen LogP contribution in [0.15, 0.2) is 36.7 Å². The number of benzene rings is 1. The first-order chi connectivity index (χ1) is 9.56. The zero-order valence-corrected chi connectivity index (χ0v) is 10.9. The van der Waals surface area contributed by atoms with Crippen molar-refractivity contribution >= 4 is 28.3 Å². The van der Waals surface area contributed by atoms with E-state index < -0.39 is 11.9 Å². The van der Waals surface area contributed by atoms with Gasteiger partial charge in [-0.3, -0.25) is 14.6 Å². The molecule has 0 spiro atoms. The zero-order valence-electron chi connectivity index (χ0n) is 10.9. The standard InChI is InChI=1S/C14H16N4O2/c15-12(3-4-13(16)19)14(20)18-11-2-1-10-8-17-6-5-9(10)7-11/h1-2,5-8,12H,3-4,15H2,(H2,16,19)(H,18,20). The molecule has 6 heteroatoms. The van der Waals surface area contributed by atoms with Crippen LogP contribution in [0.5, 0.6) is 0 Å². The van der Waals surface area contributed by atoms with E-state index in [4.69, 9.17) is 11.5 Å². The van der Waals surface area contributed by atoms with Crippen molar-refractivity contribution in [2.45, 2.75) is 18.9 Å². The lowest BCUT2D eigenvalue weighted by molar-refractivity contribution is -0.119. The Bertz CT molecular complexity index is 642. The van der Waals surface area contributed by atoms with E-state index >= 15 is 0 Å². The Morgan fingerprint density at radius 2 is 2.05 bits per heavy atom. The molecule has 0 saturated carbocycles. The Balaban J connectivity index is 2.03. The van der Waals surface area contributed by atoms with Crippen LogP contribution in [0.2, 0.25) is 0 Å². The van der Waals surface area contributed by atoms with Gasteiger partial charge in [-0.2, -0.15) is 0 Å². The first-order valence-corrected chi connectivity index (χ1v) is 6.25. The number of pyridine rings is 1. The average molecular weight is 272 g/mol. The first-order valence-electron chi connectivity index (χ1n) is 6.25. The van der Waals surface area contributed by atoms with Crippen LogP contribution in [0.25, 0.3) is 10.8 Å². The molecule has 0 aliphatic carbocycles. The predicted octanol–water partition coefficient (Wildman–Crippen LogP) is 0.766. The van der Waals surface area contributed by atoms with Crippen molar-refractivity contribution in [1.82, 2.24) is 4.98 Å². The summed E-state index contributed by atoms with van der Waals surface area (Å²) in [5.41, 5.74) is 11.4. The molecule has 0 saturated heterocycles. The van der Waals surface area contributed by atoms with Gasteiger partial charge in [0.25, 0.3) is 0 Å². The molecule has 0 aliphatic rings. The Kier molecular flexibility index (Phi) is 4.27. The summed E-state index contributed by atoms with van der Waals surface area (Å²) in [5.74, 6) is -0.800. The van der Waals surface area contributed by atoms with Gasteiger partial charge in [-0.25, -0.2) is 0 Å². The highest BCUT2D eigenvalue weighted by Gasteiger charge is 2.14. The number of primary amides is 1. The van der Waals surface area contributed by atoms with Crippen LogP contribution in [0.3, 0.4) is 0 Å². The van der Waals surface area contributed by atoms with Crippen molar-refractivity contribution in [3.63, 3.8) is 0 Å². The van der Waals surface area contributed by atoms with Crippen molar-refractivity contribution in [2.75, 3.05) is 5.32 Å². The number of nitrogens with two attached hydrogens (primary N) is 2. The summed E-state index contributed by atoms with van der Waals surface area (Å²) in [4.78, 5) is 26.5. The van der Waals surface area contributed by atoms with Crippen LogP contribution < -0.4 is 16.8 Å². The number of anilines is 1. The number of hydrogen-bond donors (Lipinski definition) is 3. The van der Waals surface area contributed by atoms with E-state index in [0.29, 0.717) is 5.69 Å². The topological polar surface area (TPSA) is 111 Å². The largest absolute Gasteiger partial charge is 0.370 e. The molecule has 2 aromatic rings. The lowest BCUT2D eigenvalue weighted by Gasteiger charge is -2.11. The van der Waals surface area contributed by atoms with E-state index in [-0.39, 0.29) is 18.7 Å². The van der Waals surface area contributed by atoms with Gasteiger partial charge in [0.2, 0.25) is 11.8 Å². The fraction of sp³-hybridized carbons (Fsp3) is 0.214. The van der Waals surface area contributed by atoms with Gasteiger partial charge in [0, 0.05) is 29.9 Å². The molecular formula is C14H16N4O2. The lowest BCUT2D eigenvalue weighted by atomic mass is 10.1. The minimum Gasteiger partial charge on any atom is -0.370 e. The molecule has 6 nitrogen and oxygen atoms in total. The van der Waals surface area contributed by atoms with Gasteiger partial charge in [-0.1, -0.05) is 6.07 Å². The van der Waals surface area contributed by atoms with Crippen LogP contribution in [0.1, 0.15) is 12.8 Å². The van der Waals surface area contributed by atoms with Crippen molar-refractivity contribution in [3.05, 3.63) is 36.7 Å². The molecular weight excluding hydrogens is 256 g/mol. The van der Waals surface area contributed by atoms with E-state index in [0.717, 1.165) is 10.8 Å². The van der Waals surface area contributed by atoms with Gasteiger partial charge in [0.05, 0.1) is 6.04 Å². The highest BCUT2D eigenvalue weighted by molar-refractivity contribution is 5.97. The summed E-state index contributed by atoms with van der Waals surface area (Å²) in [7, 11) is 0. The summed E-state index contributed by atoms with van der Waals surface area (Å²) in [6, 6.07) is 6.60. The number of nitrogens with one attached hydrogen (secondary N) is 1. The number of amides is 2. The van der Waals surface area contributed by atoms with Gasteiger partial charge in [0.15, 0.2) is 0 Å². The van der Waals surface area contributed by atoms with Crippen molar-refractivity contribution in [3.8, 4) is 0 Å². The number of nitrogens with zero attached hydrogens (tertiary/aromatic N) is 1. The summed E-state index contributed by atoms with van der Waals surface area (Å²) in [6.07, 6.45) is 3.77. The minimum absolute atomic E-state index is 0.0952. The first kappa shape index (κ1) is 14.0. The SMILES string of the molecule is NC(=O)CCC(N)C(=O)Nc1ccc2cnccc2c1. The second-order valence-electron chi connectivity index (χ2n) is 4.54. The molecule has 20 heavy (non-hydrogen) atoms. The zero-order chi connectivity index (χ0) is 14.5. The van der Waals surface area contributed by atoms with E-state index in [2.05, 4.69) is 10.3 Å². The normalized spacial score (nSPS) is 12.1. The van der Waals surface area contributed by atoms with Crippen LogP contribution in [-0.4, -0.2) is 22.8 Å². The van der Waals surface area contributed by atoms with Gasteiger partial charge < -0.3 is 16.8 Å². The molecule has 0 bridgehead atoms. The minimum atomic E-state index is -0.754. The van der Waals surface area contributed by atoms with E-state index in [9.17, 15) is 9.59 Å². The summed E-state index contributed by atoms with van der Waals surface area (Å²) in [5, 5.41) is 4.69. The Morgan fingerprint density at radius 3 is 2.80 bits per heavy atom. The Morgan fingerprint density at radius 1 is 1.25 bits per heavy atom. The third kappa shape index (κ3) is 3.52. The third-order valence-corrected chi connectivity index (χ3v) is 2.95. The van der Waals surface area contributed by atoms with Crippen LogP contribution in [0, 0.1) is 0 Å². The number of hydrogen-bond acceptors (Lipinski definition) is 4. The fourth-order valence-electron chi connectivity index (χ4n) is 1.82. The average Bonchev–Trinajstić information content (AvgIpc) is 2.44. The van der Waals surface area contributed by atoms with Gasteiger partial charge in [-0.05, 0) is 30.0 Å². The Hall–Kier alpha value is -2.47. The molecule has 1 aromatic heterocycles. The molecule has 1 heterocycles. The van der Waals surface area contributed by atoms with E-state index in [1.54, 1.807) is 18.5 Å². The van der Waals surface area contributed by atoms with Gasteiger partial charge in [0.1, 0.15) is 0 Å². The van der Waals surface area contributed by atoms with E-state index in [1.165, 1.54) is 0 Å². The van der Waals surface area contributed by atoms with Gasteiger partial charge >= 0.3 is 0 Å². The van der Waals surface area contributed by atoms with E-state index in [1.807, 2.05) is 18.2 Å². The van der Waals surface area contributed by atoms with Crippen LogP contribution >= 0.6 is 0 Å². The third-order valence-electron chi connectivity index (χ3n) is 2.95. The maximum atomic E-state index is 11.9. The second-order valence-corrected chi connectivity index (χ2v) is 4.54. The summed E-state index contributed by atoms with van der Waals surface area (Å²) < 4.78 is 0.